The summed E-state index contributed by atoms with van der Waals surface area (Å²) in [5.74, 6) is 1.45. The molecular formula is C15H20N4O. The maximum atomic E-state index is 5.87. The summed E-state index contributed by atoms with van der Waals surface area (Å²) in [4.78, 5) is 11.6. The van der Waals surface area contributed by atoms with Crippen LogP contribution in [0, 0.1) is 0 Å². The molecule has 0 bridgehead atoms. The molecule has 1 aliphatic rings. The number of nitrogens with zero attached hydrogens (tertiary/aromatic N) is 3. The second kappa shape index (κ2) is 5.63. The molecule has 2 aromatic rings. The van der Waals surface area contributed by atoms with Crippen LogP contribution in [0.1, 0.15) is 19.8 Å². The molecule has 5 nitrogen and oxygen atoms in total. The number of nitrogens with two attached hydrogens (primary N) is 1. The van der Waals surface area contributed by atoms with Gasteiger partial charge in [0, 0.05) is 19.1 Å². The maximum absolute atomic E-state index is 5.87. The molecule has 5 heteroatoms. The van der Waals surface area contributed by atoms with Gasteiger partial charge >= 0.3 is 0 Å². The molecule has 106 valence electrons. The van der Waals surface area contributed by atoms with E-state index in [1.54, 1.807) is 0 Å². The lowest BCUT2D eigenvalue weighted by Crippen LogP contribution is -2.36. The van der Waals surface area contributed by atoms with Gasteiger partial charge in [-0.3, -0.25) is 0 Å². The maximum Gasteiger partial charge on any atom is 0.258 e. The zero-order chi connectivity index (χ0) is 13.9. The molecule has 1 unspecified atom stereocenters. The molecule has 1 saturated heterocycles. The Balaban J connectivity index is 2.09. The van der Waals surface area contributed by atoms with Crippen LogP contribution < -0.4 is 15.4 Å². The predicted molar refractivity (Wildman–Crippen MR) is 80.1 cm³/mol. The Hall–Kier alpha value is -1.88. The number of benzene rings is 1. The van der Waals surface area contributed by atoms with Gasteiger partial charge in [0.05, 0.1) is 17.6 Å². The van der Waals surface area contributed by atoms with Crippen LogP contribution in [0.25, 0.3) is 11.0 Å². The highest BCUT2D eigenvalue weighted by molar-refractivity contribution is 5.77. The minimum Gasteiger partial charge on any atom is -0.475 e. The lowest BCUT2D eigenvalue weighted by molar-refractivity contribution is 0.326. The first-order valence-electron chi connectivity index (χ1n) is 7.19. The quantitative estimate of drug-likeness (QED) is 0.921. The van der Waals surface area contributed by atoms with E-state index in [2.05, 4.69) is 9.88 Å². The normalized spacial score (nSPS) is 18.7. The summed E-state index contributed by atoms with van der Waals surface area (Å²) in [5.41, 5.74) is 7.63. The van der Waals surface area contributed by atoms with Crippen molar-refractivity contribution < 1.29 is 4.74 Å². The molecule has 20 heavy (non-hydrogen) atoms. The van der Waals surface area contributed by atoms with Crippen molar-refractivity contribution in [1.29, 1.82) is 0 Å². The fourth-order valence-corrected chi connectivity index (χ4v) is 2.75. The van der Waals surface area contributed by atoms with Gasteiger partial charge in [0.2, 0.25) is 0 Å². The minimum absolute atomic E-state index is 0.338. The van der Waals surface area contributed by atoms with Gasteiger partial charge in [-0.1, -0.05) is 12.1 Å². The van der Waals surface area contributed by atoms with E-state index in [0.717, 1.165) is 36.2 Å². The van der Waals surface area contributed by atoms with Crippen LogP contribution in [-0.2, 0) is 0 Å². The fourth-order valence-electron chi connectivity index (χ4n) is 2.75. The van der Waals surface area contributed by atoms with Crippen LogP contribution in [0.3, 0.4) is 0 Å². The van der Waals surface area contributed by atoms with Crippen molar-refractivity contribution in [3.8, 4) is 5.88 Å². The molecule has 0 saturated carbocycles. The summed E-state index contributed by atoms with van der Waals surface area (Å²) < 4.78 is 5.69. The number of anilines is 1. The fraction of sp³-hybridized carbons (Fsp3) is 0.467. The van der Waals surface area contributed by atoms with Gasteiger partial charge in [0.1, 0.15) is 0 Å². The predicted octanol–water partition coefficient (Wildman–Crippen LogP) is 1.96. The molecule has 2 N–H and O–H groups in total. The first kappa shape index (κ1) is 13.1. The number of hydrogen-bond acceptors (Lipinski definition) is 5. The van der Waals surface area contributed by atoms with Crippen molar-refractivity contribution in [2.45, 2.75) is 25.8 Å². The van der Waals surface area contributed by atoms with Crippen molar-refractivity contribution in [2.75, 3.05) is 24.6 Å². The third-order valence-electron chi connectivity index (χ3n) is 3.72. The van der Waals surface area contributed by atoms with Crippen LogP contribution in [0.5, 0.6) is 5.88 Å². The van der Waals surface area contributed by atoms with Gasteiger partial charge in [0.25, 0.3) is 5.88 Å². The molecule has 1 aliphatic heterocycles. The van der Waals surface area contributed by atoms with Gasteiger partial charge in [-0.25, -0.2) is 9.97 Å². The van der Waals surface area contributed by atoms with Crippen LogP contribution >= 0.6 is 0 Å². The summed E-state index contributed by atoms with van der Waals surface area (Å²) in [6.07, 6.45) is 2.25. The molecule has 1 aromatic carbocycles. The van der Waals surface area contributed by atoms with Gasteiger partial charge < -0.3 is 15.4 Å². The average Bonchev–Trinajstić information content (AvgIpc) is 2.95. The number of aromatic nitrogens is 2. The SMILES string of the molecule is CCOc1nc2ccccc2nc1N1CCCC1CN. The highest BCUT2D eigenvalue weighted by atomic mass is 16.5. The second-order valence-corrected chi connectivity index (χ2v) is 5.00. The Morgan fingerprint density at radius 1 is 1.30 bits per heavy atom. The van der Waals surface area contributed by atoms with E-state index in [1.165, 1.54) is 0 Å². The van der Waals surface area contributed by atoms with Crippen LogP contribution in [-0.4, -0.2) is 35.7 Å². The van der Waals surface area contributed by atoms with Crippen molar-refractivity contribution in [3.05, 3.63) is 24.3 Å². The second-order valence-electron chi connectivity index (χ2n) is 5.00. The number of fused-ring (bicyclic) bond motifs is 1. The zero-order valence-corrected chi connectivity index (χ0v) is 11.7. The van der Waals surface area contributed by atoms with Gasteiger partial charge in [-0.2, -0.15) is 0 Å². The van der Waals surface area contributed by atoms with E-state index in [1.807, 2.05) is 31.2 Å². The molecule has 2 heterocycles. The lowest BCUT2D eigenvalue weighted by Gasteiger charge is -2.26. The molecule has 0 amide bonds. The van der Waals surface area contributed by atoms with E-state index >= 15 is 0 Å². The standard InChI is InChI=1S/C15H20N4O/c1-2-20-15-14(19-9-5-6-11(19)10-16)17-12-7-3-4-8-13(12)18-15/h3-4,7-8,11H,2,5-6,9-10,16H2,1H3. The Morgan fingerprint density at radius 3 is 2.75 bits per heavy atom. The molecule has 0 radical (unpaired) electrons. The molecule has 3 rings (SSSR count). The van der Waals surface area contributed by atoms with Crippen LogP contribution in [0.4, 0.5) is 5.82 Å². The lowest BCUT2D eigenvalue weighted by atomic mass is 10.2. The first-order valence-corrected chi connectivity index (χ1v) is 7.19. The number of rotatable bonds is 4. The molecule has 1 fully saturated rings. The first-order chi connectivity index (χ1) is 9.83. The number of ether oxygens (including phenoxy) is 1. The van der Waals surface area contributed by atoms with Gasteiger partial charge in [-0.05, 0) is 31.9 Å². The van der Waals surface area contributed by atoms with Gasteiger partial charge in [0.15, 0.2) is 5.82 Å². The molecule has 0 aliphatic carbocycles. The number of para-hydroxylation sites is 2. The van der Waals surface area contributed by atoms with Crippen molar-refractivity contribution in [1.82, 2.24) is 9.97 Å². The van der Waals surface area contributed by atoms with E-state index in [0.29, 0.717) is 25.1 Å². The molecule has 1 aromatic heterocycles. The van der Waals surface area contributed by atoms with Crippen molar-refractivity contribution in [2.24, 2.45) is 5.73 Å². The Morgan fingerprint density at radius 2 is 2.05 bits per heavy atom. The smallest absolute Gasteiger partial charge is 0.258 e. The molecular weight excluding hydrogens is 252 g/mol. The third-order valence-corrected chi connectivity index (χ3v) is 3.72. The highest BCUT2D eigenvalue weighted by Gasteiger charge is 2.28. The summed E-state index contributed by atoms with van der Waals surface area (Å²) in [6, 6.07) is 8.22. The Bertz CT molecular complexity index is 601. The number of hydrogen-bond donors (Lipinski definition) is 1. The third kappa shape index (κ3) is 2.29. The van der Waals surface area contributed by atoms with Crippen molar-refractivity contribution in [3.63, 3.8) is 0 Å². The van der Waals surface area contributed by atoms with E-state index in [9.17, 15) is 0 Å². The Kier molecular flexibility index (Phi) is 3.69. The Labute approximate surface area is 118 Å². The van der Waals surface area contributed by atoms with Crippen LogP contribution in [0.15, 0.2) is 24.3 Å². The van der Waals surface area contributed by atoms with Gasteiger partial charge in [-0.15, -0.1) is 0 Å². The largest absolute Gasteiger partial charge is 0.475 e. The van der Waals surface area contributed by atoms with E-state index in [4.69, 9.17) is 15.5 Å². The zero-order valence-electron chi connectivity index (χ0n) is 11.7. The minimum atomic E-state index is 0.338. The molecule has 0 spiro atoms. The van der Waals surface area contributed by atoms with E-state index in [-0.39, 0.29) is 0 Å². The summed E-state index contributed by atoms with van der Waals surface area (Å²) >= 11 is 0. The van der Waals surface area contributed by atoms with Crippen LogP contribution in [0.2, 0.25) is 0 Å². The monoisotopic (exact) mass is 272 g/mol. The van der Waals surface area contributed by atoms with E-state index < -0.39 is 0 Å². The van der Waals surface area contributed by atoms with Crippen molar-refractivity contribution >= 4 is 16.9 Å². The topological polar surface area (TPSA) is 64.3 Å². The highest BCUT2D eigenvalue weighted by Crippen LogP contribution is 2.32. The average molecular weight is 272 g/mol. The summed E-state index contributed by atoms with van der Waals surface area (Å²) in [5, 5.41) is 0. The summed E-state index contributed by atoms with van der Waals surface area (Å²) in [7, 11) is 0. The summed E-state index contributed by atoms with van der Waals surface area (Å²) in [6.45, 7) is 4.15. The molecule has 1 atom stereocenters.